The fourth-order valence-corrected chi connectivity index (χ4v) is 4.22. The molecular formula is C22H23F6N7O3. The van der Waals surface area contributed by atoms with Gasteiger partial charge in [-0.2, -0.15) is 36.5 Å². The van der Waals surface area contributed by atoms with E-state index in [4.69, 9.17) is 4.74 Å². The Morgan fingerprint density at radius 1 is 1.13 bits per heavy atom. The van der Waals surface area contributed by atoms with Crippen LogP contribution in [0.5, 0.6) is 0 Å². The molecule has 1 saturated heterocycles. The lowest BCUT2D eigenvalue weighted by molar-refractivity contribution is -0.140. The van der Waals surface area contributed by atoms with Crippen molar-refractivity contribution < 1.29 is 35.9 Å². The van der Waals surface area contributed by atoms with Gasteiger partial charge in [-0.3, -0.25) is 14.3 Å². The summed E-state index contributed by atoms with van der Waals surface area (Å²) in [5, 5.41) is 8.45. The van der Waals surface area contributed by atoms with Crippen molar-refractivity contribution in [1.82, 2.24) is 29.9 Å². The minimum atomic E-state index is -4.85. The summed E-state index contributed by atoms with van der Waals surface area (Å²) in [7, 11) is 0. The number of rotatable bonds is 7. The average Bonchev–Trinajstić information content (AvgIpc) is 3.28. The molecule has 16 heteroatoms. The van der Waals surface area contributed by atoms with Gasteiger partial charge in [-0.15, -0.1) is 0 Å². The number of nitrogens with one attached hydrogen (secondary N) is 1. The summed E-state index contributed by atoms with van der Waals surface area (Å²) in [6, 6.07) is 1.47. The maximum Gasteiger partial charge on any atom is 0.435 e. The predicted octanol–water partition coefficient (Wildman–Crippen LogP) is 2.87. The van der Waals surface area contributed by atoms with Gasteiger partial charge in [0.05, 0.1) is 43.0 Å². The van der Waals surface area contributed by atoms with Crippen molar-refractivity contribution in [3.63, 3.8) is 0 Å². The SMILES string of the molecule is CC(COCCC(=O)N1CCN(c2ncccc2C(F)(F)F)CC1)n1nc(C(F)(F)F)c2c(=O)[nH]ncc21. The number of anilines is 1. The quantitative estimate of drug-likeness (QED) is 0.358. The number of amides is 1. The Kier molecular flexibility index (Phi) is 7.62. The van der Waals surface area contributed by atoms with Crippen LogP contribution in [0.3, 0.4) is 0 Å². The first-order valence-electron chi connectivity index (χ1n) is 11.5. The number of halogens is 6. The molecule has 38 heavy (non-hydrogen) atoms. The first-order chi connectivity index (χ1) is 17.9. The Bertz CT molecular complexity index is 1350. The van der Waals surface area contributed by atoms with Crippen molar-refractivity contribution in [2.45, 2.75) is 31.7 Å². The zero-order chi connectivity index (χ0) is 27.7. The minimum absolute atomic E-state index is 0.0288. The second-order valence-electron chi connectivity index (χ2n) is 8.66. The topological polar surface area (TPSA) is 109 Å². The smallest absolute Gasteiger partial charge is 0.379 e. The molecule has 0 spiro atoms. The molecular weight excluding hydrogens is 524 g/mol. The lowest BCUT2D eigenvalue weighted by Crippen LogP contribution is -2.49. The zero-order valence-corrected chi connectivity index (χ0v) is 20.0. The Labute approximate surface area is 211 Å². The van der Waals surface area contributed by atoms with Crippen LogP contribution >= 0.6 is 0 Å². The van der Waals surface area contributed by atoms with E-state index in [1.54, 1.807) is 6.92 Å². The van der Waals surface area contributed by atoms with Gasteiger partial charge in [0.1, 0.15) is 11.2 Å². The van der Waals surface area contributed by atoms with Gasteiger partial charge in [0.25, 0.3) is 5.56 Å². The van der Waals surface area contributed by atoms with E-state index in [-0.39, 0.29) is 63.1 Å². The molecule has 3 aromatic heterocycles. The molecule has 0 saturated carbocycles. The molecule has 4 heterocycles. The number of H-pyrrole nitrogens is 1. The number of carbonyl (C=O) groups excluding carboxylic acids is 1. The number of fused-ring (bicyclic) bond motifs is 1. The van der Waals surface area contributed by atoms with Crippen molar-refractivity contribution in [2.24, 2.45) is 0 Å². The lowest BCUT2D eigenvalue weighted by Gasteiger charge is -2.36. The Hall–Kier alpha value is -3.69. The average molecular weight is 547 g/mol. The van der Waals surface area contributed by atoms with Crippen LogP contribution in [-0.2, 0) is 21.9 Å². The van der Waals surface area contributed by atoms with Crippen LogP contribution in [-0.4, -0.2) is 75.2 Å². The van der Waals surface area contributed by atoms with Crippen LogP contribution in [0.4, 0.5) is 32.2 Å². The third-order valence-electron chi connectivity index (χ3n) is 6.06. The van der Waals surface area contributed by atoms with E-state index >= 15 is 0 Å². The molecule has 3 aromatic rings. The highest BCUT2D eigenvalue weighted by Gasteiger charge is 2.39. The molecule has 0 bridgehead atoms. The van der Waals surface area contributed by atoms with Gasteiger partial charge >= 0.3 is 12.4 Å². The summed E-state index contributed by atoms with van der Waals surface area (Å²) >= 11 is 0. The fourth-order valence-electron chi connectivity index (χ4n) is 4.22. The van der Waals surface area contributed by atoms with Crippen LogP contribution < -0.4 is 10.5 Å². The van der Waals surface area contributed by atoms with Crippen LogP contribution in [0.15, 0.2) is 29.3 Å². The number of nitrogens with zero attached hydrogens (tertiary/aromatic N) is 6. The number of carbonyl (C=O) groups is 1. The number of hydrogen-bond donors (Lipinski definition) is 1. The predicted molar refractivity (Wildman–Crippen MR) is 121 cm³/mol. The summed E-state index contributed by atoms with van der Waals surface area (Å²) in [5.41, 5.74) is -3.29. The molecule has 0 aromatic carbocycles. The van der Waals surface area contributed by atoms with E-state index in [1.165, 1.54) is 22.1 Å². The largest absolute Gasteiger partial charge is 0.435 e. The van der Waals surface area contributed by atoms with Crippen molar-refractivity contribution in [3.8, 4) is 0 Å². The van der Waals surface area contributed by atoms with Crippen LogP contribution in [0.25, 0.3) is 10.9 Å². The number of alkyl halides is 6. The summed E-state index contributed by atoms with van der Waals surface area (Å²) in [6.45, 7) is 2.15. The maximum atomic E-state index is 13.4. The molecule has 4 rings (SSSR count). The molecule has 1 aliphatic heterocycles. The fraction of sp³-hybridized carbons (Fsp3) is 0.500. The van der Waals surface area contributed by atoms with E-state index in [9.17, 15) is 35.9 Å². The van der Waals surface area contributed by atoms with Crippen molar-refractivity contribution in [3.05, 3.63) is 46.1 Å². The first-order valence-corrected chi connectivity index (χ1v) is 11.5. The van der Waals surface area contributed by atoms with E-state index in [1.807, 2.05) is 5.10 Å². The van der Waals surface area contributed by atoms with E-state index in [0.29, 0.717) is 0 Å². The molecule has 1 atom stereocenters. The van der Waals surface area contributed by atoms with Gasteiger partial charge in [0, 0.05) is 32.4 Å². The number of ether oxygens (including phenoxy) is 1. The van der Waals surface area contributed by atoms with Crippen molar-refractivity contribution in [1.29, 1.82) is 0 Å². The normalized spacial score (nSPS) is 15.8. The van der Waals surface area contributed by atoms with Crippen molar-refractivity contribution >= 4 is 22.6 Å². The molecule has 1 unspecified atom stereocenters. The van der Waals surface area contributed by atoms with E-state index in [0.717, 1.165) is 16.9 Å². The lowest BCUT2D eigenvalue weighted by atomic mass is 10.2. The Morgan fingerprint density at radius 2 is 1.84 bits per heavy atom. The van der Waals surface area contributed by atoms with Crippen LogP contribution in [0, 0.1) is 0 Å². The molecule has 0 aliphatic carbocycles. The Balaban J connectivity index is 1.29. The second kappa shape index (κ2) is 10.6. The molecule has 1 fully saturated rings. The summed E-state index contributed by atoms with van der Waals surface area (Å²) in [4.78, 5) is 31.3. The van der Waals surface area contributed by atoms with Gasteiger partial charge in [0.2, 0.25) is 5.91 Å². The van der Waals surface area contributed by atoms with E-state index in [2.05, 4.69) is 15.2 Å². The second-order valence-corrected chi connectivity index (χ2v) is 8.66. The molecule has 0 radical (unpaired) electrons. The molecule has 10 nitrogen and oxygen atoms in total. The molecule has 1 aliphatic rings. The maximum absolute atomic E-state index is 13.4. The van der Waals surface area contributed by atoms with Gasteiger partial charge in [0.15, 0.2) is 5.69 Å². The summed E-state index contributed by atoms with van der Waals surface area (Å²) < 4.78 is 86.4. The van der Waals surface area contributed by atoms with Gasteiger partial charge in [-0.05, 0) is 19.1 Å². The summed E-state index contributed by atoms with van der Waals surface area (Å²) in [5.74, 6) is -0.449. The highest BCUT2D eigenvalue weighted by molar-refractivity contribution is 5.80. The van der Waals surface area contributed by atoms with E-state index < -0.39 is 40.6 Å². The number of aromatic amines is 1. The zero-order valence-electron chi connectivity index (χ0n) is 20.0. The third kappa shape index (κ3) is 5.74. The molecule has 1 amide bonds. The number of aromatic nitrogens is 5. The standard InChI is InChI=1S/C22H23F6N7O3/c1-13(35-15-11-30-31-20(37)17(15)18(32-35)22(26,27)28)12-38-10-4-16(36)33-6-8-34(9-7-33)19-14(21(23,24)25)3-2-5-29-19/h2-3,5,11,13H,4,6-10,12H2,1H3,(H,31,37). The summed E-state index contributed by atoms with van der Waals surface area (Å²) in [6.07, 6.45) is -7.07. The highest BCUT2D eigenvalue weighted by atomic mass is 19.4. The number of piperazine rings is 1. The monoisotopic (exact) mass is 547 g/mol. The third-order valence-corrected chi connectivity index (χ3v) is 6.06. The highest BCUT2D eigenvalue weighted by Crippen LogP contribution is 2.35. The van der Waals surface area contributed by atoms with Gasteiger partial charge in [-0.25, -0.2) is 10.1 Å². The molecule has 206 valence electrons. The van der Waals surface area contributed by atoms with Crippen molar-refractivity contribution in [2.75, 3.05) is 44.3 Å². The first kappa shape index (κ1) is 27.3. The van der Waals surface area contributed by atoms with Gasteiger partial charge < -0.3 is 14.5 Å². The number of hydrogen-bond acceptors (Lipinski definition) is 7. The molecule has 1 N–H and O–H groups in total. The Morgan fingerprint density at radius 3 is 2.50 bits per heavy atom. The minimum Gasteiger partial charge on any atom is -0.379 e. The van der Waals surface area contributed by atoms with Gasteiger partial charge in [-0.1, -0.05) is 0 Å². The number of pyridine rings is 1. The van der Waals surface area contributed by atoms with Crippen LogP contribution in [0.2, 0.25) is 0 Å². The van der Waals surface area contributed by atoms with Crippen LogP contribution in [0.1, 0.15) is 30.6 Å².